The Morgan fingerprint density at radius 3 is 2.50 bits per heavy atom. The number of carbonyl (C=O) groups excluding carboxylic acids is 1. The van der Waals surface area contributed by atoms with Crippen LogP contribution in [0, 0.1) is 0 Å². The summed E-state index contributed by atoms with van der Waals surface area (Å²) in [5.41, 5.74) is 0.565. The number of benzene rings is 1. The fourth-order valence-electron chi connectivity index (χ4n) is 1.54. The maximum atomic E-state index is 11.7. The van der Waals surface area contributed by atoms with Crippen molar-refractivity contribution in [1.82, 2.24) is 0 Å². The zero-order chi connectivity index (χ0) is 13.5. The van der Waals surface area contributed by atoms with Crippen LogP contribution in [-0.4, -0.2) is 19.0 Å². The molecule has 0 bridgehead atoms. The van der Waals surface area contributed by atoms with Crippen molar-refractivity contribution in [1.29, 1.82) is 0 Å². The van der Waals surface area contributed by atoms with Gasteiger partial charge in [0, 0.05) is 12.0 Å². The molecule has 0 fully saturated rings. The van der Waals surface area contributed by atoms with Gasteiger partial charge in [0.1, 0.15) is 0 Å². The SMILES string of the molecule is CCCOc1c(Cl)cc(C(=O)CC)cc1OCC. The number of ketones is 1. The molecule has 4 heteroatoms. The van der Waals surface area contributed by atoms with E-state index in [1.807, 2.05) is 20.8 Å². The fourth-order valence-corrected chi connectivity index (χ4v) is 1.81. The lowest BCUT2D eigenvalue weighted by atomic mass is 10.1. The molecule has 0 atom stereocenters. The summed E-state index contributed by atoms with van der Waals surface area (Å²) in [5.74, 6) is 1.10. The van der Waals surface area contributed by atoms with E-state index in [2.05, 4.69) is 0 Å². The third-order valence-electron chi connectivity index (χ3n) is 2.40. The molecule has 0 unspecified atom stereocenters. The molecule has 0 heterocycles. The van der Waals surface area contributed by atoms with E-state index in [0.717, 1.165) is 6.42 Å². The minimum atomic E-state index is 0.0416. The topological polar surface area (TPSA) is 35.5 Å². The number of ether oxygens (including phenoxy) is 2. The molecule has 18 heavy (non-hydrogen) atoms. The van der Waals surface area contributed by atoms with E-state index in [1.54, 1.807) is 12.1 Å². The highest BCUT2D eigenvalue weighted by molar-refractivity contribution is 6.32. The van der Waals surface area contributed by atoms with Crippen LogP contribution in [0.1, 0.15) is 44.0 Å². The first kappa shape index (κ1) is 14.8. The van der Waals surface area contributed by atoms with Gasteiger partial charge in [0.2, 0.25) is 0 Å². The molecule has 0 N–H and O–H groups in total. The third-order valence-corrected chi connectivity index (χ3v) is 2.68. The van der Waals surface area contributed by atoms with Crippen LogP contribution >= 0.6 is 11.6 Å². The smallest absolute Gasteiger partial charge is 0.179 e. The highest BCUT2D eigenvalue weighted by Gasteiger charge is 2.15. The molecule has 0 aliphatic carbocycles. The van der Waals surface area contributed by atoms with Crippen LogP contribution in [0.5, 0.6) is 11.5 Å². The number of rotatable bonds is 7. The maximum absolute atomic E-state index is 11.7. The Labute approximate surface area is 113 Å². The molecule has 0 spiro atoms. The Bertz CT molecular complexity index is 416. The van der Waals surface area contributed by atoms with Gasteiger partial charge < -0.3 is 9.47 Å². The molecule has 1 aromatic carbocycles. The molecule has 1 rings (SSSR count). The summed E-state index contributed by atoms with van der Waals surface area (Å²) >= 11 is 6.15. The average molecular weight is 271 g/mol. The Kier molecular flexibility index (Phi) is 5.99. The second-order valence-electron chi connectivity index (χ2n) is 3.84. The van der Waals surface area contributed by atoms with Crippen molar-refractivity contribution in [3.8, 4) is 11.5 Å². The van der Waals surface area contributed by atoms with Crippen LogP contribution in [0.3, 0.4) is 0 Å². The van der Waals surface area contributed by atoms with Crippen molar-refractivity contribution < 1.29 is 14.3 Å². The first-order valence-corrected chi connectivity index (χ1v) is 6.64. The summed E-state index contributed by atoms with van der Waals surface area (Å²) in [7, 11) is 0. The largest absolute Gasteiger partial charge is 0.490 e. The zero-order valence-electron chi connectivity index (χ0n) is 11.1. The van der Waals surface area contributed by atoms with Crippen LogP contribution in [0.4, 0.5) is 0 Å². The van der Waals surface area contributed by atoms with Crippen LogP contribution in [0.25, 0.3) is 0 Å². The molecule has 0 aromatic heterocycles. The van der Waals surface area contributed by atoms with Gasteiger partial charge in [0.25, 0.3) is 0 Å². The molecule has 0 aliphatic heterocycles. The lowest BCUT2D eigenvalue weighted by molar-refractivity contribution is 0.0987. The molecule has 0 amide bonds. The lowest BCUT2D eigenvalue weighted by Crippen LogP contribution is -2.04. The number of halogens is 1. The summed E-state index contributed by atoms with van der Waals surface area (Å²) in [6.07, 6.45) is 1.33. The van der Waals surface area contributed by atoms with E-state index >= 15 is 0 Å². The van der Waals surface area contributed by atoms with Crippen molar-refractivity contribution in [3.63, 3.8) is 0 Å². The van der Waals surface area contributed by atoms with E-state index < -0.39 is 0 Å². The summed E-state index contributed by atoms with van der Waals surface area (Å²) in [5, 5.41) is 0.422. The number of hydrogen-bond donors (Lipinski definition) is 0. The van der Waals surface area contributed by atoms with Gasteiger partial charge >= 0.3 is 0 Å². The molecule has 3 nitrogen and oxygen atoms in total. The van der Waals surface area contributed by atoms with Crippen LogP contribution in [0.2, 0.25) is 5.02 Å². The average Bonchev–Trinajstić information content (AvgIpc) is 2.37. The van der Waals surface area contributed by atoms with Gasteiger partial charge in [-0.25, -0.2) is 0 Å². The highest BCUT2D eigenvalue weighted by atomic mass is 35.5. The second-order valence-corrected chi connectivity index (χ2v) is 4.25. The monoisotopic (exact) mass is 270 g/mol. The summed E-state index contributed by atoms with van der Waals surface area (Å²) < 4.78 is 11.1. The second kappa shape index (κ2) is 7.27. The maximum Gasteiger partial charge on any atom is 0.179 e. The minimum Gasteiger partial charge on any atom is -0.490 e. The van der Waals surface area contributed by atoms with E-state index in [4.69, 9.17) is 21.1 Å². The molecular weight excluding hydrogens is 252 g/mol. The van der Waals surface area contributed by atoms with Gasteiger partial charge in [0.05, 0.1) is 18.2 Å². The Morgan fingerprint density at radius 1 is 1.22 bits per heavy atom. The van der Waals surface area contributed by atoms with Crippen molar-refractivity contribution in [2.45, 2.75) is 33.6 Å². The quantitative estimate of drug-likeness (QED) is 0.699. The minimum absolute atomic E-state index is 0.0416. The lowest BCUT2D eigenvalue weighted by Gasteiger charge is -2.14. The van der Waals surface area contributed by atoms with Crippen LogP contribution < -0.4 is 9.47 Å². The normalized spacial score (nSPS) is 10.2. The predicted molar refractivity (Wildman–Crippen MR) is 73.0 cm³/mol. The molecule has 0 saturated heterocycles. The van der Waals surface area contributed by atoms with Gasteiger partial charge in [-0.3, -0.25) is 4.79 Å². The summed E-state index contributed by atoms with van der Waals surface area (Å²) in [6.45, 7) is 6.79. The zero-order valence-corrected chi connectivity index (χ0v) is 11.8. The van der Waals surface area contributed by atoms with Gasteiger partial charge in [-0.05, 0) is 25.5 Å². The number of hydrogen-bond acceptors (Lipinski definition) is 3. The first-order valence-electron chi connectivity index (χ1n) is 6.26. The van der Waals surface area contributed by atoms with Crippen LogP contribution in [0.15, 0.2) is 12.1 Å². The molecule has 0 aliphatic rings. The fraction of sp³-hybridized carbons (Fsp3) is 0.500. The third kappa shape index (κ3) is 3.64. The molecule has 0 radical (unpaired) electrons. The highest BCUT2D eigenvalue weighted by Crippen LogP contribution is 2.37. The van der Waals surface area contributed by atoms with Gasteiger partial charge in [0.15, 0.2) is 17.3 Å². The molecule has 0 saturated carbocycles. The summed E-state index contributed by atoms with van der Waals surface area (Å²) in [4.78, 5) is 11.7. The Morgan fingerprint density at radius 2 is 1.94 bits per heavy atom. The first-order chi connectivity index (χ1) is 8.63. The van der Waals surface area contributed by atoms with Gasteiger partial charge in [-0.15, -0.1) is 0 Å². The Balaban J connectivity index is 3.13. The van der Waals surface area contributed by atoms with Crippen LogP contribution in [-0.2, 0) is 0 Å². The van der Waals surface area contributed by atoms with Gasteiger partial charge in [-0.1, -0.05) is 25.4 Å². The molecule has 1 aromatic rings. The van der Waals surface area contributed by atoms with Crippen molar-refractivity contribution in [3.05, 3.63) is 22.7 Å². The van der Waals surface area contributed by atoms with E-state index in [1.165, 1.54) is 0 Å². The molecule has 100 valence electrons. The van der Waals surface area contributed by atoms with E-state index in [9.17, 15) is 4.79 Å². The van der Waals surface area contributed by atoms with E-state index in [-0.39, 0.29) is 5.78 Å². The number of carbonyl (C=O) groups is 1. The standard InChI is InChI=1S/C14H19ClO3/c1-4-7-18-14-11(15)8-10(12(16)5-2)9-13(14)17-6-3/h8-9H,4-7H2,1-3H3. The van der Waals surface area contributed by atoms with Gasteiger partial charge in [-0.2, -0.15) is 0 Å². The number of Topliss-reactive ketones (excluding diaryl/α,β-unsaturated/α-hetero) is 1. The van der Waals surface area contributed by atoms with Crippen molar-refractivity contribution in [2.75, 3.05) is 13.2 Å². The van der Waals surface area contributed by atoms with E-state index in [0.29, 0.717) is 41.7 Å². The summed E-state index contributed by atoms with van der Waals surface area (Å²) in [6, 6.07) is 3.34. The van der Waals surface area contributed by atoms with Crippen molar-refractivity contribution in [2.24, 2.45) is 0 Å². The predicted octanol–water partition coefficient (Wildman–Crippen LogP) is 4.12. The van der Waals surface area contributed by atoms with Crippen molar-refractivity contribution >= 4 is 17.4 Å². The Hall–Kier alpha value is -1.22. The molecular formula is C14H19ClO3.